The smallest absolute Gasteiger partial charge is 0.433 e. The van der Waals surface area contributed by atoms with Crippen molar-refractivity contribution in [2.24, 2.45) is 0 Å². The summed E-state index contributed by atoms with van der Waals surface area (Å²) in [5, 5.41) is 0. The van der Waals surface area contributed by atoms with E-state index in [1.165, 1.54) is 6.07 Å². The molecule has 3 aliphatic heterocycles. The van der Waals surface area contributed by atoms with Gasteiger partial charge in [0.25, 0.3) is 0 Å². The molecule has 9 nitrogen and oxygen atoms in total. The number of carbonyl (C=O) groups is 1. The molecule has 0 atom stereocenters. The minimum atomic E-state index is -4.50. The molecule has 0 radical (unpaired) electrons. The number of anilines is 2. The number of hydrogen-bond donors (Lipinski definition) is 0. The number of rotatable bonds is 4. The molecule has 0 spiro atoms. The molecule has 3 aliphatic rings. The molecule has 35 heavy (non-hydrogen) atoms. The maximum atomic E-state index is 12.9. The van der Waals surface area contributed by atoms with Crippen LogP contribution >= 0.6 is 0 Å². The normalized spacial score (nSPS) is 17.9. The van der Waals surface area contributed by atoms with E-state index in [-0.39, 0.29) is 6.10 Å². The summed E-state index contributed by atoms with van der Waals surface area (Å²) in [6, 6.07) is 2.51. The van der Waals surface area contributed by atoms with Crippen molar-refractivity contribution in [3.8, 4) is 0 Å². The van der Waals surface area contributed by atoms with Gasteiger partial charge in [-0.3, -0.25) is 9.88 Å². The Labute approximate surface area is 201 Å². The van der Waals surface area contributed by atoms with Gasteiger partial charge in [-0.15, -0.1) is 0 Å². The molecule has 0 aromatic carbocycles. The van der Waals surface area contributed by atoms with E-state index in [4.69, 9.17) is 9.47 Å². The summed E-state index contributed by atoms with van der Waals surface area (Å²) in [5.74, 6) is 1.47. The predicted molar refractivity (Wildman–Crippen MR) is 122 cm³/mol. The molecule has 0 aliphatic carbocycles. The highest BCUT2D eigenvalue weighted by Gasteiger charge is 2.38. The maximum Gasteiger partial charge on any atom is 0.433 e. The van der Waals surface area contributed by atoms with E-state index in [0.29, 0.717) is 37.7 Å². The van der Waals surface area contributed by atoms with Crippen LogP contribution in [0.2, 0.25) is 0 Å². The number of fused-ring (bicyclic) bond motifs is 1. The van der Waals surface area contributed by atoms with E-state index >= 15 is 0 Å². The summed E-state index contributed by atoms with van der Waals surface area (Å²) >= 11 is 0. The zero-order valence-corrected chi connectivity index (χ0v) is 20.2. The van der Waals surface area contributed by atoms with Crippen LogP contribution in [0.15, 0.2) is 18.3 Å². The van der Waals surface area contributed by atoms with E-state index in [0.717, 1.165) is 42.4 Å². The van der Waals surface area contributed by atoms with Crippen LogP contribution in [0.5, 0.6) is 0 Å². The van der Waals surface area contributed by atoms with Gasteiger partial charge in [0.15, 0.2) is 0 Å². The summed E-state index contributed by atoms with van der Waals surface area (Å²) in [7, 11) is 1.68. The van der Waals surface area contributed by atoms with Crippen LogP contribution in [-0.4, -0.2) is 71.4 Å². The van der Waals surface area contributed by atoms with Crippen LogP contribution in [0.25, 0.3) is 0 Å². The van der Waals surface area contributed by atoms with Gasteiger partial charge >= 0.3 is 12.3 Å². The number of aromatic nitrogens is 3. The molecular weight excluding hydrogens is 465 g/mol. The first-order chi connectivity index (χ1) is 16.7. The third-order valence-corrected chi connectivity index (χ3v) is 6.13. The van der Waals surface area contributed by atoms with Crippen LogP contribution in [0.3, 0.4) is 0 Å². The van der Waals surface area contributed by atoms with E-state index in [9.17, 15) is 18.0 Å². The lowest BCUT2D eigenvalue weighted by Crippen LogP contribution is -2.54. The Morgan fingerprint density at radius 2 is 1.74 bits per heavy atom. The number of ether oxygens (including phenoxy) is 2. The number of amides is 1. The van der Waals surface area contributed by atoms with Crippen LogP contribution in [-0.2, 0) is 28.7 Å². The van der Waals surface area contributed by atoms with Gasteiger partial charge in [-0.1, -0.05) is 13.8 Å². The lowest BCUT2D eigenvalue weighted by atomic mass is 10.1. The number of alkyl halides is 3. The van der Waals surface area contributed by atoms with Gasteiger partial charge in [-0.05, 0) is 19.1 Å². The topological polar surface area (TPSA) is 83.9 Å². The first-order valence-electron chi connectivity index (χ1n) is 11.6. The number of aryl methyl sites for hydroxylation is 1. The van der Waals surface area contributed by atoms with Crippen molar-refractivity contribution in [2.75, 3.05) is 43.1 Å². The zero-order valence-electron chi connectivity index (χ0n) is 20.2. The molecule has 12 heteroatoms. The SMILES string of the molecule is CC.COC1CN(c2nc(C)nc3c2CN(C(=O)OC2CN(c4ccnc(C(F)(F)F)c4)C2)C3)C1. The summed E-state index contributed by atoms with van der Waals surface area (Å²) in [4.78, 5) is 30.6. The second-order valence-corrected chi connectivity index (χ2v) is 8.45. The molecule has 5 rings (SSSR count). The average molecular weight is 495 g/mol. The van der Waals surface area contributed by atoms with Crippen molar-refractivity contribution in [3.05, 3.63) is 41.1 Å². The largest absolute Gasteiger partial charge is 0.442 e. The Morgan fingerprint density at radius 1 is 1.06 bits per heavy atom. The third kappa shape index (κ3) is 5.12. The van der Waals surface area contributed by atoms with Crippen LogP contribution in [0.4, 0.5) is 29.5 Å². The predicted octanol–water partition coefficient (Wildman–Crippen LogP) is 3.40. The molecular formula is C23H29F3N6O3. The number of hydrogen-bond acceptors (Lipinski definition) is 8. The molecule has 0 N–H and O–H groups in total. The van der Waals surface area contributed by atoms with Gasteiger partial charge in [0.1, 0.15) is 23.4 Å². The quantitative estimate of drug-likeness (QED) is 0.640. The standard InChI is InChI=1S/C21H23F3N6O3.C2H6/c1-12-26-17-11-30(10-16(17)19(27-12)29-6-14(7-29)32-2)20(31)33-15-8-28(9-15)13-3-4-25-18(5-13)21(22,23)24;1-2/h3-5,14-15H,6-11H2,1-2H3;1-2H3. The highest BCUT2D eigenvalue weighted by Crippen LogP contribution is 2.34. The van der Waals surface area contributed by atoms with Crippen molar-refractivity contribution in [1.82, 2.24) is 19.9 Å². The second-order valence-electron chi connectivity index (χ2n) is 8.45. The number of nitrogens with zero attached hydrogens (tertiary/aromatic N) is 6. The van der Waals surface area contributed by atoms with Crippen LogP contribution in [0.1, 0.15) is 36.6 Å². The molecule has 1 amide bonds. The highest BCUT2D eigenvalue weighted by atomic mass is 19.4. The molecule has 2 fully saturated rings. The Bertz CT molecular complexity index is 1070. The second kappa shape index (κ2) is 9.84. The molecule has 0 unspecified atom stereocenters. The van der Waals surface area contributed by atoms with Crippen molar-refractivity contribution in [3.63, 3.8) is 0 Å². The molecule has 2 aromatic heterocycles. The third-order valence-electron chi connectivity index (χ3n) is 6.13. The van der Waals surface area contributed by atoms with Crippen molar-refractivity contribution < 1.29 is 27.4 Å². The lowest BCUT2D eigenvalue weighted by molar-refractivity contribution is -0.141. The fourth-order valence-corrected chi connectivity index (χ4v) is 4.22. The van der Waals surface area contributed by atoms with E-state index < -0.39 is 24.1 Å². The van der Waals surface area contributed by atoms with Crippen molar-refractivity contribution >= 4 is 17.6 Å². The Balaban J connectivity index is 0.00000141. The number of methoxy groups -OCH3 is 1. The van der Waals surface area contributed by atoms with Gasteiger partial charge in [0.05, 0.1) is 38.0 Å². The monoisotopic (exact) mass is 494 g/mol. The molecule has 5 heterocycles. The number of halogens is 3. The summed E-state index contributed by atoms with van der Waals surface area (Å²) < 4.78 is 49.6. The molecule has 0 bridgehead atoms. The van der Waals surface area contributed by atoms with Gasteiger partial charge in [-0.2, -0.15) is 13.2 Å². The average Bonchev–Trinajstić information content (AvgIpc) is 3.20. The van der Waals surface area contributed by atoms with Gasteiger partial charge in [0.2, 0.25) is 0 Å². The van der Waals surface area contributed by atoms with Gasteiger partial charge in [-0.25, -0.2) is 14.8 Å². The van der Waals surface area contributed by atoms with E-state index in [1.54, 1.807) is 16.9 Å². The van der Waals surface area contributed by atoms with E-state index in [2.05, 4.69) is 19.9 Å². The molecule has 190 valence electrons. The number of carbonyl (C=O) groups excluding carboxylic acids is 1. The Hall–Kier alpha value is -3.15. The van der Waals surface area contributed by atoms with Crippen molar-refractivity contribution in [1.29, 1.82) is 0 Å². The van der Waals surface area contributed by atoms with Crippen LogP contribution in [0, 0.1) is 6.92 Å². The first-order valence-corrected chi connectivity index (χ1v) is 11.6. The number of pyridine rings is 1. The van der Waals surface area contributed by atoms with Crippen LogP contribution < -0.4 is 9.80 Å². The fourth-order valence-electron chi connectivity index (χ4n) is 4.22. The summed E-state index contributed by atoms with van der Waals surface area (Å²) in [6.45, 7) is 8.65. The van der Waals surface area contributed by atoms with E-state index in [1.807, 2.05) is 20.8 Å². The molecule has 2 saturated heterocycles. The maximum absolute atomic E-state index is 12.9. The summed E-state index contributed by atoms with van der Waals surface area (Å²) in [5.41, 5.74) is 1.18. The lowest BCUT2D eigenvalue weighted by Gasteiger charge is -2.40. The van der Waals surface area contributed by atoms with Gasteiger partial charge in [0, 0.05) is 37.6 Å². The highest BCUT2D eigenvalue weighted by molar-refractivity contribution is 5.70. The minimum Gasteiger partial charge on any atom is -0.442 e. The molecule has 0 saturated carbocycles. The van der Waals surface area contributed by atoms with Gasteiger partial charge < -0.3 is 19.3 Å². The first kappa shape index (κ1) is 25.0. The van der Waals surface area contributed by atoms with Crippen molar-refractivity contribution in [2.45, 2.75) is 52.2 Å². The molecule has 2 aromatic rings. The summed E-state index contributed by atoms with van der Waals surface area (Å²) in [6.07, 6.45) is -4.06. The Morgan fingerprint density at radius 3 is 2.40 bits per heavy atom. The zero-order chi connectivity index (χ0) is 25.3. The minimum absolute atomic E-state index is 0.174. The fraction of sp³-hybridized carbons (Fsp3) is 0.565. The Kier molecular flexibility index (Phi) is 7.02.